The van der Waals surface area contributed by atoms with Crippen molar-refractivity contribution < 1.29 is 34.4 Å². The van der Waals surface area contributed by atoms with Crippen LogP contribution in [0.15, 0.2) is 54.6 Å². The highest BCUT2D eigenvalue weighted by Gasteiger charge is 2.53. The summed E-state index contributed by atoms with van der Waals surface area (Å²) in [5.74, 6) is -1.21. The maximum atomic E-state index is 13.4. The molecule has 3 aromatic rings. The lowest BCUT2D eigenvalue weighted by Gasteiger charge is -2.17. The highest BCUT2D eigenvalue weighted by molar-refractivity contribution is 6.01. The maximum Gasteiger partial charge on any atom is 0.586 e. The van der Waals surface area contributed by atoms with Crippen LogP contribution in [-0.4, -0.2) is 28.3 Å². The molecule has 1 amide bonds. The molecule has 2 aromatic carbocycles. The molecular weight excluding hydrogens is 446 g/mol. The Kier molecular flexibility index (Phi) is 5.00. The minimum atomic E-state index is -3.72. The van der Waals surface area contributed by atoms with Crippen molar-refractivity contribution in [1.29, 1.82) is 0 Å². The number of aromatic carboxylic acids is 1. The summed E-state index contributed by atoms with van der Waals surface area (Å²) in [4.78, 5) is 29.2. The average molecular weight is 468 g/mol. The number of hydrogen-bond donors (Lipinski definition) is 2. The van der Waals surface area contributed by atoms with Crippen LogP contribution in [0.5, 0.6) is 11.5 Å². The lowest BCUT2D eigenvalue weighted by molar-refractivity contribution is -0.286. The first-order valence-electron chi connectivity index (χ1n) is 10.8. The van der Waals surface area contributed by atoms with Gasteiger partial charge in [0.25, 0.3) is 0 Å². The Morgan fingerprint density at radius 2 is 1.85 bits per heavy atom. The second kappa shape index (κ2) is 7.79. The number of carbonyl (C=O) groups excluding carboxylic acids is 1. The number of nitrogens with zero attached hydrogens (tertiary/aromatic N) is 1. The fraction of sp³-hybridized carbons (Fsp3) is 0.240. The predicted molar refractivity (Wildman–Crippen MR) is 120 cm³/mol. The Morgan fingerprint density at radius 3 is 2.56 bits per heavy atom. The van der Waals surface area contributed by atoms with Crippen molar-refractivity contribution in [3.63, 3.8) is 0 Å². The Hall–Kier alpha value is -4.01. The molecule has 9 heteroatoms. The van der Waals surface area contributed by atoms with E-state index >= 15 is 0 Å². The van der Waals surface area contributed by atoms with E-state index in [2.05, 4.69) is 19.8 Å². The molecule has 1 aromatic heterocycles. The fourth-order valence-electron chi connectivity index (χ4n) is 4.15. The van der Waals surface area contributed by atoms with Crippen molar-refractivity contribution in [2.45, 2.75) is 37.9 Å². The number of pyridine rings is 1. The predicted octanol–water partition coefficient (Wildman–Crippen LogP) is 5.25. The van der Waals surface area contributed by atoms with Gasteiger partial charge in [-0.1, -0.05) is 31.2 Å². The van der Waals surface area contributed by atoms with Gasteiger partial charge in [-0.25, -0.2) is 9.78 Å². The molecule has 1 saturated carbocycles. The Morgan fingerprint density at radius 1 is 1.09 bits per heavy atom. The molecular formula is C25H22F2N2O5. The topological polar surface area (TPSA) is 97.8 Å². The molecule has 0 atom stereocenters. The number of nitrogens with one attached hydrogen (secondary N) is 1. The van der Waals surface area contributed by atoms with Gasteiger partial charge in [0, 0.05) is 6.99 Å². The van der Waals surface area contributed by atoms with Crippen LogP contribution in [0, 0.1) is 0 Å². The number of carboxylic acid groups (broad SMARTS) is 1. The van der Waals surface area contributed by atoms with Gasteiger partial charge in [0.05, 0.1) is 16.7 Å². The molecule has 0 saturated heterocycles. The number of fused-ring (bicyclic) bond motifs is 1. The maximum absolute atomic E-state index is 13.4. The van der Waals surface area contributed by atoms with E-state index in [0.717, 1.165) is 5.56 Å². The fourth-order valence-corrected chi connectivity index (χ4v) is 4.15. The van der Waals surface area contributed by atoms with Crippen LogP contribution in [0.2, 0.25) is 0 Å². The van der Waals surface area contributed by atoms with E-state index in [9.17, 15) is 23.5 Å². The number of rotatable bonds is 6. The van der Waals surface area contributed by atoms with Gasteiger partial charge in [-0.2, -0.15) is 0 Å². The summed E-state index contributed by atoms with van der Waals surface area (Å²) >= 11 is 0. The van der Waals surface area contributed by atoms with E-state index in [-0.39, 0.29) is 24.4 Å². The molecule has 2 aliphatic rings. The molecule has 0 bridgehead atoms. The Balaban J connectivity index is 0.00000289. The van der Waals surface area contributed by atoms with Crippen LogP contribution in [0.4, 0.5) is 14.6 Å². The first-order valence-corrected chi connectivity index (χ1v) is 10.8. The third kappa shape index (κ3) is 3.83. The van der Waals surface area contributed by atoms with Crippen molar-refractivity contribution in [3.05, 3.63) is 71.3 Å². The zero-order chi connectivity index (χ0) is 24.1. The number of amides is 1. The molecule has 1 fully saturated rings. The number of aromatic nitrogens is 1. The lowest BCUT2D eigenvalue weighted by atomic mass is 9.94. The van der Waals surface area contributed by atoms with E-state index in [1.807, 2.05) is 13.0 Å². The molecule has 0 unspecified atom stereocenters. The quantitative estimate of drug-likeness (QED) is 0.513. The summed E-state index contributed by atoms with van der Waals surface area (Å²) in [7, 11) is 0. The summed E-state index contributed by atoms with van der Waals surface area (Å²) in [6, 6.07) is 14.4. The highest BCUT2D eigenvalue weighted by atomic mass is 19.3. The molecule has 2 N–H and O–H groups in total. The van der Waals surface area contributed by atoms with Crippen molar-refractivity contribution in [2.75, 3.05) is 5.32 Å². The van der Waals surface area contributed by atoms with E-state index in [4.69, 9.17) is 0 Å². The molecule has 176 valence electrons. The minimum Gasteiger partial charge on any atom is -0.478 e. The monoisotopic (exact) mass is 468 g/mol. The van der Waals surface area contributed by atoms with Crippen LogP contribution in [0.1, 0.15) is 42.7 Å². The van der Waals surface area contributed by atoms with Crippen molar-refractivity contribution >= 4 is 17.7 Å². The first-order chi connectivity index (χ1) is 16.2. The van der Waals surface area contributed by atoms with E-state index in [0.29, 0.717) is 41.9 Å². The smallest absolute Gasteiger partial charge is 0.478 e. The average Bonchev–Trinajstić information content (AvgIpc) is 3.56. The normalized spacial score (nSPS) is 16.7. The van der Waals surface area contributed by atoms with Gasteiger partial charge in [0.15, 0.2) is 11.5 Å². The number of anilines is 1. The summed E-state index contributed by atoms with van der Waals surface area (Å²) in [5.41, 5.74) is 1.94. The summed E-state index contributed by atoms with van der Waals surface area (Å²) in [6.45, 7) is 1.96. The summed E-state index contributed by atoms with van der Waals surface area (Å²) < 4.78 is 35.7. The molecule has 2 heterocycles. The number of ether oxygens (including phenoxy) is 2. The van der Waals surface area contributed by atoms with Crippen LogP contribution in [-0.2, 0) is 16.6 Å². The molecule has 1 aliphatic heterocycles. The molecule has 7 nitrogen and oxygen atoms in total. The number of alkyl halides is 2. The summed E-state index contributed by atoms with van der Waals surface area (Å²) in [5, 5.41) is 12.2. The van der Waals surface area contributed by atoms with E-state index < -0.39 is 17.7 Å². The zero-order valence-electron chi connectivity index (χ0n) is 18.1. The van der Waals surface area contributed by atoms with Gasteiger partial charge in [-0.3, -0.25) is 4.79 Å². The van der Waals surface area contributed by atoms with Gasteiger partial charge in [0.1, 0.15) is 5.82 Å². The summed E-state index contributed by atoms with van der Waals surface area (Å²) in [6.07, 6.45) is -1.95. The van der Waals surface area contributed by atoms with Gasteiger partial charge in [-0.05, 0) is 60.7 Å². The highest BCUT2D eigenvalue weighted by Crippen LogP contribution is 2.52. The zero-order valence-corrected chi connectivity index (χ0v) is 18.1. The van der Waals surface area contributed by atoms with Gasteiger partial charge in [0.2, 0.25) is 5.91 Å². The molecule has 0 spiro atoms. The van der Waals surface area contributed by atoms with Gasteiger partial charge >= 0.3 is 12.3 Å². The van der Waals surface area contributed by atoms with Crippen molar-refractivity contribution in [1.82, 2.24) is 4.98 Å². The standard InChI is InChI=1S/C25H20F2N2O5.H2/c1-2-14-6-9-20(28-21(14)15-4-3-5-16(12-15)22(30)31)29-23(32)24(10-11-24)17-7-8-18-19(13-17)34-25(26,27)33-18;/h3-9,12-13H,2,10-11H2,1H3,(H,30,31)(H,28,29,32);1H. The molecule has 34 heavy (non-hydrogen) atoms. The van der Waals surface area contributed by atoms with E-state index in [1.54, 1.807) is 30.3 Å². The minimum absolute atomic E-state index is 0. The largest absolute Gasteiger partial charge is 0.586 e. The second-order valence-electron chi connectivity index (χ2n) is 8.31. The van der Waals surface area contributed by atoms with Crippen LogP contribution in [0.3, 0.4) is 0 Å². The lowest BCUT2D eigenvalue weighted by Crippen LogP contribution is -2.28. The van der Waals surface area contributed by atoms with Crippen LogP contribution < -0.4 is 14.8 Å². The number of hydrogen-bond acceptors (Lipinski definition) is 5. The Labute approximate surface area is 194 Å². The molecule has 5 rings (SSSR count). The SMILES string of the molecule is CCc1ccc(NC(=O)C2(c3ccc4c(c3)OC(F)(F)O4)CC2)nc1-c1cccc(C(=O)O)c1.[HH]. The molecule has 1 aliphatic carbocycles. The third-order valence-corrected chi connectivity index (χ3v) is 6.12. The van der Waals surface area contributed by atoms with Gasteiger partial charge < -0.3 is 19.9 Å². The number of carboxylic acids is 1. The number of halogens is 2. The Bertz CT molecular complexity index is 1330. The van der Waals surface area contributed by atoms with Crippen molar-refractivity contribution in [2.24, 2.45) is 0 Å². The number of carbonyl (C=O) groups is 2. The van der Waals surface area contributed by atoms with Crippen LogP contribution in [0.25, 0.3) is 11.3 Å². The third-order valence-electron chi connectivity index (χ3n) is 6.12. The van der Waals surface area contributed by atoms with E-state index in [1.165, 1.54) is 18.2 Å². The second-order valence-corrected chi connectivity index (χ2v) is 8.31. The number of benzene rings is 2. The van der Waals surface area contributed by atoms with Crippen molar-refractivity contribution in [3.8, 4) is 22.8 Å². The number of aryl methyl sites for hydroxylation is 1. The van der Waals surface area contributed by atoms with Crippen LogP contribution >= 0.6 is 0 Å². The van der Waals surface area contributed by atoms with Gasteiger partial charge in [-0.15, -0.1) is 8.78 Å². The molecule has 0 radical (unpaired) electrons. The first kappa shape index (κ1) is 21.8.